The maximum absolute atomic E-state index is 11.8. The molecule has 0 atom stereocenters. The lowest BCUT2D eigenvalue weighted by atomic mass is 10.2. The number of pyridine rings is 1. The van der Waals surface area contributed by atoms with Gasteiger partial charge in [0.1, 0.15) is 0 Å². The summed E-state index contributed by atoms with van der Waals surface area (Å²) < 4.78 is 4.94. The van der Waals surface area contributed by atoms with E-state index in [1.165, 1.54) is 17.8 Å². The number of anilines is 1. The van der Waals surface area contributed by atoms with Gasteiger partial charge in [0.25, 0.3) is 5.91 Å². The third kappa shape index (κ3) is 6.94. The smallest absolute Gasteiger partial charge is 0.307 e. The van der Waals surface area contributed by atoms with Crippen molar-refractivity contribution in [2.75, 3.05) is 17.7 Å². The van der Waals surface area contributed by atoms with Crippen molar-refractivity contribution in [3.63, 3.8) is 0 Å². The first-order valence-electron chi connectivity index (χ1n) is 7.40. The van der Waals surface area contributed by atoms with E-state index in [0.29, 0.717) is 10.8 Å². The summed E-state index contributed by atoms with van der Waals surface area (Å²) in [6.07, 6.45) is 1.57. The Hall–Kier alpha value is -1.76. The molecule has 0 aliphatic carbocycles. The van der Waals surface area contributed by atoms with Crippen LogP contribution in [0, 0.1) is 6.92 Å². The van der Waals surface area contributed by atoms with Crippen LogP contribution >= 0.6 is 35.0 Å². The molecule has 132 valence electrons. The van der Waals surface area contributed by atoms with Gasteiger partial charge < -0.3 is 10.1 Å². The average Bonchev–Trinajstić information content (AvgIpc) is 2.57. The van der Waals surface area contributed by atoms with E-state index >= 15 is 0 Å². The number of aryl methyl sites for hydroxylation is 1. The second-order valence-corrected chi connectivity index (χ2v) is 7.12. The van der Waals surface area contributed by atoms with E-state index in [1.54, 1.807) is 11.8 Å². The van der Waals surface area contributed by atoms with Crippen LogP contribution in [0.15, 0.2) is 41.4 Å². The molecule has 2 rings (SSSR count). The molecule has 0 saturated heterocycles. The summed E-state index contributed by atoms with van der Waals surface area (Å²) in [7, 11) is 0. The molecule has 1 N–H and O–H groups in total. The summed E-state index contributed by atoms with van der Waals surface area (Å²) in [5.41, 5.74) is 1.19. The number of nitrogens with zero attached hydrogens (tertiary/aromatic N) is 1. The number of benzene rings is 1. The third-order valence-corrected chi connectivity index (χ3v) is 4.53. The average molecular weight is 399 g/mol. The first-order valence-corrected chi connectivity index (χ1v) is 9.14. The molecule has 0 spiro atoms. The first kappa shape index (κ1) is 19.6. The second kappa shape index (κ2) is 9.65. The second-order valence-electron chi connectivity index (χ2n) is 5.10. The summed E-state index contributed by atoms with van der Waals surface area (Å²) in [5, 5.41) is 3.03. The SMILES string of the molecule is Cc1ccc(SCCC(=O)OCC(=O)Nc2ncc(Cl)cc2Cl)cc1. The number of halogens is 2. The fraction of sp³-hybridized carbons (Fsp3) is 0.235. The van der Waals surface area contributed by atoms with Crippen molar-refractivity contribution in [2.24, 2.45) is 0 Å². The number of rotatable bonds is 7. The normalized spacial score (nSPS) is 10.4. The highest BCUT2D eigenvalue weighted by Crippen LogP contribution is 2.22. The first-order chi connectivity index (χ1) is 11.9. The van der Waals surface area contributed by atoms with Crippen LogP contribution in [0.5, 0.6) is 0 Å². The topological polar surface area (TPSA) is 68.3 Å². The van der Waals surface area contributed by atoms with Crippen LogP contribution in [-0.2, 0) is 14.3 Å². The van der Waals surface area contributed by atoms with E-state index in [0.717, 1.165) is 4.90 Å². The van der Waals surface area contributed by atoms with Gasteiger partial charge in [-0.2, -0.15) is 0 Å². The Bertz CT molecular complexity index is 754. The molecule has 0 saturated carbocycles. The minimum atomic E-state index is -0.517. The lowest BCUT2D eigenvalue weighted by Gasteiger charge is -2.07. The zero-order chi connectivity index (χ0) is 18.2. The molecule has 1 heterocycles. The van der Waals surface area contributed by atoms with Gasteiger partial charge in [0.05, 0.1) is 16.5 Å². The molecule has 1 aromatic carbocycles. The van der Waals surface area contributed by atoms with Gasteiger partial charge in [-0.1, -0.05) is 40.9 Å². The van der Waals surface area contributed by atoms with E-state index < -0.39 is 18.5 Å². The van der Waals surface area contributed by atoms with Crippen molar-refractivity contribution < 1.29 is 14.3 Å². The molecular weight excluding hydrogens is 383 g/mol. The summed E-state index contributed by atoms with van der Waals surface area (Å²) in [4.78, 5) is 28.4. The minimum absolute atomic E-state index is 0.169. The van der Waals surface area contributed by atoms with Crippen LogP contribution in [0.25, 0.3) is 0 Å². The largest absolute Gasteiger partial charge is 0.456 e. The van der Waals surface area contributed by atoms with Crippen molar-refractivity contribution in [2.45, 2.75) is 18.2 Å². The molecule has 8 heteroatoms. The number of aromatic nitrogens is 1. The van der Waals surface area contributed by atoms with Gasteiger partial charge in [-0.05, 0) is 25.1 Å². The van der Waals surface area contributed by atoms with E-state index in [4.69, 9.17) is 27.9 Å². The molecule has 0 aliphatic heterocycles. The zero-order valence-electron chi connectivity index (χ0n) is 13.4. The monoisotopic (exact) mass is 398 g/mol. The maximum Gasteiger partial charge on any atom is 0.307 e. The quantitative estimate of drug-likeness (QED) is 0.554. The lowest BCUT2D eigenvalue weighted by Crippen LogP contribution is -2.21. The van der Waals surface area contributed by atoms with Crippen LogP contribution < -0.4 is 5.32 Å². The molecule has 0 aliphatic rings. The Labute approximate surface area is 160 Å². The number of hydrogen-bond donors (Lipinski definition) is 1. The minimum Gasteiger partial charge on any atom is -0.456 e. The summed E-state index contributed by atoms with van der Waals surface area (Å²) in [6.45, 7) is 1.62. The van der Waals surface area contributed by atoms with Gasteiger partial charge in [0.2, 0.25) is 0 Å². The molecule has 2 aromatic rings. The van der Waals surface area contributed by atoms with Crippen LogP contribution in [0.4, 0.5) is 5.82 Å². The number of hydrogen-bond acceptors (Lipinski definition) is 5. The molecule has 0 unspecified atom stereocenters. The zero-order valence-corrected chi connectivity index (χ0v) is 15.7. The van der Waals surface area contributed by atoms with Crippen LogP contribution in [-0.4, -0.2) is 29.2 Å². The van der Waals surface area contributed by atoms with Crippen molar-refractivity contribution >= 4 is 52.7 Å². The van der Waals surface area contributed by atoms with Gasteiger partial charge in [-0.15, -0.1) is 11.8 Å². The van der Waals surface area contributed by atoms with Gasteiger partial charge in [-0.25, -0.2) is 4.98 Å². The number of thioether (sulfide) groups is 1. The van der Waals surface area contributed by atoms with Crippen LogP contribution in [0.1, 0.15) is 12.0 Å². The Morgan fingerprint density at radius 3 is 2.64 bits per heavy atom. The summed E-state index contributed by atoms with van der Waals surface area (Å²) >= 11 is 13.2. The fourth-order valence-corrected chi connectivity index (χ4v) is 3.04. The molecule has 5 nitrogen and oxygen atoms in total. The van der Waals surface area contributed by atoms with Crippen molar-refractivity contribution in [3.05, 3.63) is 52.1 Å². The standard InChI is InChI=1S/C17H16Cl2N2O3S/c1-11-2-4-13(5-3-11)25-7-6-16(23)24-10-15(22)21-17-14(19)8-12(18)9-20-17/h2-5,8-9H,6-7,10H2,1H3,(H,20,21,22). The maximum atomic E-state index is 11.8. The van der Waals surface area contributed by atoms with Gasteiger partial charge in [0.15, 0.2) is 12.4 Å². The Morgan fingerprint density at radius 2 is 1.96 bits per heavy atom. The molecule has 1 amide bonds. The van der Waals surface area contributed by atoms with Gasteiger partial charge in [-0.3, -0.25) is 9.59 Å². The van der Waals surface area contributed by atoms with E-state index in [9.17, 15) is 9.59 Å². The fourth-order valence-electron chi connectivity index (χ4n) is 1.78. The number of esters is 1. The van der Waals surface area contributed by atoms with E-state index in [1.807, 2.05) is 31.2 Å². The Morgan fingerprint density at radius 1 is 1.24 bits per heavy atom. The molecule has 0 bridgehead atoms. The highest BCUT2D eigenvalue weighted by Gasteiger charge is 2.11. The molecule has 0 radical (unpaired) electrons. The van der Waals surface area contributed by atoms with Gasteiger partial charge >= 0.3 is 5.97 Å². The number of carbonyl (C=O) groups is 2. The van der Waals surface area contributed by atoms with Crippen molar-refractivity contribution in [1.29, 1.82) is 0 Å². The lowest BCUT2D eigenvalue weighted by molar-refractivity contribution is -0.146. The summed E-state index contributed by atoms with van der Waals surface area (Å²) in [6, 6.07) is 9.49. The summed E-state index contributed by atoms with van der Waals surface area (Å²) in [5.74, 6) is -0.211. The molecule has 0 fully saturated rings. The molecule has 25 heavy (non-hydrogen) atoms. The highest BCUT2D eigenvalue weighted by atomic mass is 35.5. The van der Waals surface area contributed by atoms with Crippen LogP contribution in [0.2, 0.25) is 10.0 Å². The highest BCUT2D eigenvalue weighted by molar-refractivity contribution is 7.99. The Kier molecular flexibility index (Phi) is 7.55. The third-order valence-electron chi connectivity index (χ3n) is 3.03. The van der Waals surface area contributed by atoms with E-state index in [-0.39, 0.29) is 17.3 Å². The number of amides is 1. The predicted octanol–water partition coefficient (Wildman–Crippen LogP) is 4.36. The molecular formula is C17H16Cl2N2O3S. The van der Waals surface area contributed by atoms with Crippen molar-refractivity contribution in [1.82, 2.24) is 4.98 Å². The predicted molar refractivity (Wildman–Crippen MR) is 100 cm³/mol. The van der Waals surface area contributed by atoms with E-state index in [2.05, 4.69) is 10.3 Å². The molecule has 1 aromatic heterocycles. The van der Waals surface area contributed by atoms with Crippen LogP contribution in [0.3, 0.4) is 0 Å². The number of ether oxygens (including phenoxy) is 1. The van der Waals surface area contributed by atoms with Crippen molar-refractivity contribution in [3.8, 4) is 0 Å². The Balaban J connectivity index is 1.68. The number of carbonyl (C=O) groups excluding carboxylic acids is 2. The number of nitrogens with one attached hydrogen (secondary N) is 1. The van der Waals surface area contributed by atoms with Gasteiger partial charge in [0, 0.05) is 16.8 Å².